The SMILES string of the molecule is O=Cc1ccc(OC(=S)Oc2ccccc2)cc1. The number of carbonyl (C=O) groups is 1. The van der Waals surface area contributed by atoms with E-state index in [1.807, 2.05) is 18.2 Å². The molecule has 0 saturated heterocycles. The standard InChI is InChI=1S/C14H10O3S/c15-10-11-6-8-13(9-7-11)17-14(18)16-12-4-2-1-3-5-12/h1-10H. The molecule has 0 aromatic heterocycles. The van der Waals surface area contributed by atoms with Crippen LogP contribution in [0.5, 0.6) is 11.5 Å². The van der Waals surface area contributed by atoms with Gasteiger partial charge in [0, 0.05) is 17.8 Å². The van der Waals surface area contributed by atoms with Crippen LogP contribution >= 0.6 is 12.2 Å². The van der Waals surface area contributed by atoms with E-state index in [1.165, 1.54) is 0 Å². The van der Waals surface area contributed by atoms with Crippen molar-refractivity contribution < 1.29 is 14.3 Å². The lowest BCUT2D eigenvalue weighted by atomic mass is 10.2. The third kappa shape index (κ3) is 3.40. The van der Waals surface area contributed by atoms with E-state index >= 15 is 0 Å². The average molecular weight is 258 g/mol. The second-order valence-corrected chi connectivity index (χ2v) is 3.79. The Morgan fingerprint density at radius 2 is 1.44 bits per heavy atom. The molecule has 0 aliphatic rings. The van der Waals surface area contributed by atoms with Crippen molar-refractivity contribution in [1.29, 1.82) is 0 Å². The van der Waals surface area contributed by atoms with Gasteiger partial charge < -0.3 is 9.47 Å². The summed E-state index contributed by atoms with van der Waals surface area (Å²) in [5.41, 5.74) is 0.581. The zero-order valence-corrected chi connectivity index (χ0v) is 10.2. The molecule has 4 heteroatoms. The number of rotatable bonds is 3. The van der Waals surface area contributed by atoms with E-state index < -0.39 is 0 Å². The smallest absolute Gasteiger partial charge is 0.363 e. The predicted molar refractivity (Wildman–Crippen MR) is 72.1 cm³/mol. The van der Waals surface area contributed by atoms with Gasteiger partial charge >= 0.3 is 5.24 Å². The first kappa shape index (κ1) is 12.3. The van der Waals surface area contributed by atoms with Crippen LogP contribution in [0.2, 0.25) is 0 Å². The number of para-hydroxylation sites is 1. The van der Waals surface area contributed by atoms with Crippen LogP contribution in [0.25, 0.3) is 0 Å². The largest absolute Gasteiger partial charge is 0.417 e. The van der Waals surface area contributed by atoms with Gasteiger partial charge in [0.1, 0.15) is 17.8 Å². The highest BCUT2D eigenvalue weighted by Gasteiger charge is 2.03. The van der Waals surface area contributed by atoms with Gasteiger partial charge in [-0.2, -0.15) is 0 Å². The maximum Gasteiger partial charge on any atom is 0.363 e. The number of benzene rings is 2. The van der Waals surface area contributed by atoms with Crippen LogP contribution in [0.3, 0.4) is 0 Å². The highest BCUT2D eigenvalue weighted by molar-refractivity contribution is 7.79. The van der Waals surface area contributed by atoms with Crippen LogP contribution in [-0.2, 0) is 0 Å². The van der Waals surface area contributed by atoms with Crippen molar-refractivity contribution in [2.75, 3.05) is 0 Å². The summed E-state index contributed by atoms with van der Waals surface area (Å²) in [6.07, 6.45) is 0.766. The Balaban J connectivity index is 1.96. The molecule has 0 bridgehead atoms. The topological polar surface area (TPSA) is 35.5 Å². The van der Waals surface area contributed by atoms with Gasteiger partial charge in [0.15, 0.2) is 0 Å². The predicted octanol–water partition coefficient (Wildman–Crippen LogP) is 3.24. The fourth-order valence-electron chi connectivity index (χ4n) is 1.32. The fourth-order valence-corrected chi connectivity index (χ4v) is 1.51. The number of ether oxygens (including phenoxy) is 2. The van der Waals surface area contributed by atoms with Crippen molar-refractivity contribution in [3.05, 3.63) is 60.2 Å². The molecule has 0 amide bonds. The lowest BCUT2D eigenvalue weighted by Gasteiger charge is -2.07. The van der Waals surface area contributed by atoms with Crippen LogP contribution < -0.4 is 9.47 Å². The Kier molecular flexibility index (Phi) is 4.04. The van der Waals surface area contributed by atoms with Gasteiger partial charge in [0.25, 0.3) is 0 Å². The van der Waals surface area contributed by atoms with Crippen LogP contribution in [0, 0.1) is 0 Å². The van der Waals surface area contributed by atoms with Crippen LogP contribution in [-0.4, -0.2) is 11.5 Å². The fraction of sp³-hybridized carbons (Fsp3) is 0. The Labute approximate surface area is 110 Å². The molecule has 2 aromatic rings. The second kappa shape index (κ2) is 5.93. The van der Waals surface area contributed by atoms with E-state index in [2.05, 4.69) is 0 Å². The monoisotopic (exact) mass is 258 g/mol. The summed E-state index contributed by atoms with van der Waals surface area (Å²) in [5.74, 6) is 1.15. The quantitative estimate of drug-likeness (QED) is 0.625. The van der Waals surface area contributed by atoms with E-state index in [9.17, 15) is 4.79 Å². The van der Waals surface area contributed by atoms with Crippen molar-refractivity contribution in [1.82, 2.24) is 0 Å². The molecule has 0 aliphatic heterocycles. The molecule has 3 nitrogen and oxygen atoms in total. The number of hydrogen-bond donors (Lipinski definition) is 0. The Morgan fingerprint density at radius 1 is 0.889 bits per heavy atom. The molecule has 0 saturated carbocycles. The van der Waals surface area contributed by atoms with E-state index in [0.717, 1.165) is 6.29 Å². The molecule has 0 radical (unpaired) electrons. The van der Waals surface area contributed by atoms with Gasteiger partial charge in [-0.3, -0.25) is 4.79 Å². The molecule has 0 atom stereocenters. The van der Waals surface area contributed by atoms with Gasteiger partial charge in [-0.25, -0.2) is 0 Å². The number of aldehydes is 1. The van der Waals surface area contributed by atoms with Crippen molar-refractivity contribution >= 4 is 23.7 Å². The number of thiocarbonyl (C=S) groups is 1. The summed E-state index contributed by atoms with van der Waals surface area (Å²) >= 11 is 4.97. The van der Waals surface area contributed by atoms with Gasteiger partial charge in [-0.05, 0) is 36.4 Å². The molecule has 2 rings (SSSR count). The first-order valence-electron chi connectivity index (χ1n) is 5.28. The van der Waals surface area contributed by atoms with Gasteiger partial charge in [-0.15, -0.1) is 0 Å². The average Bonchev–Trinajstić information content (AvgIpc) is 2.40. The molecular weight excluding hydrogens is 248 g/mol. The van der Waals surface area contributed by atoms with Crippen molar-refractivity contribution in [3.8, 4) is 11.5 Å². The summed E-state index contributed by atoms with van der Waals surface area (Å²) in [4.78, 5) is 10.5. The minimum atomic E-state index is 0.0139. The lowest BCUT2D eigenvalue weighted by molar-refractivity contribution is 0.112. The summed E-state index contributed by atoms with van der Waals surface area (Å²) < 4.78 is 10.6. The Bertz CT molecular complexity index is 535. The van der Waals surface area contributed by atoms with Crippen molar-refractivity contribution in [2.45, 2.75) is 0 Å². The van der Waals surface area contributed by atoms with Crippen molar-refractivity contribution in [2.24, 2.45) is 0 Å². The highest BCUT2D eigenvalue weighted by atomic mass is 32.1. The van der Waals surface area contributed by atoms with Crippen LogP contribution in [0.15, 0.2) is 54.6 Å². The third-order valence-corrected chi connectivity index (χ3v) is 2.33. The zero-order chi connectivity index (χ0) is 12.8. The number of carbonyl (C=O) groups excluding carboxylic acids is 1. The van der Waals surface area contributed by atoms with Gasteiger partial charge in [0.05, 0.1) is 0 Å². The van der Waals surface area contributed by atoms with Crippen LogP contribution in [0.4, 0.5) is 0 Å². The van der Waals surface area contributed by atoms with E-state index in [4.69, 9.17) is 21.7 Å². The van der Waals surface area contributed by atoms with Crippen LogP contribution in [0.1, 0.15) is 10.4 Å². The third-order valence-electron chi connectivity index (χ3n) is 2.16. The minimum absolute atomic E-state index is 0.0139. The molecule has 0 fully saturated rings. The molecule has 0 unspecified atom stereocenters. The van der Waals surface area contributed by atoms with E-state index in [-0.39, 0.29) is 5.24 Å². The summed E-state index contributed by atoms with van der Waals surface area (Å²) in [5, 5.41) is 0.0139. The van der Waals surface area contributed by atoms with Gasteiger partial charge in [-0.1, -0.05) is 18.2 Å². The van der Waals surface area contributed by atoms with Crippen molar-refractivity contribution in [3.63, 3.8) is 0 Å². The normalized spacial score (nSPS) is 9.56. The van der Waals surface area contributed by atoms with E-state index in [0.29, 0.717) is 17.1 Å². The molecule has 0 N–H and O–H groups in total. The molecule has 0 heterocycles. The maximum absolute atomic E-state index is 10.5. The molecule has 90 valence electrons. The first-order valence-corrected chi connectivity index (χ1v) is 5.69. The first-order chi connectivity index (χ1) is 8.78. The highest BCUT2D eigenvalue weighted by Crippen LogP contribution is 2.14. The Morgan fingerprint density at radius 3 is 2.00 bits per heavy atom. The summed E-state index contributed by atoms with van der Waals surface area (Å²) in [6.45, 7) is 0. The molecule has 18 heavy (non-hydrogen) atoms. The lowest BCUT2D eigenvalue weighted by Crippen LogP contribution is -2.13. The zero-order valence-electron chi connectivity index (χ0n) is 9.41. The Hall–Kier alpha value is -2.20. The molecule has 2 aromatic carbocycles. The van der Waals surface area contributed by atoms with E-state index in [1.54, 1.807) is 36.4 Å². The summed E-state index contributed by atoms with van der Waals surface area (Å²) in [6, 6.07) is 15.7. The second-order valence-electron chi connectivity index (χ2n) is 3.45. The molecule has 0 spiro atoms. The number of hydrogen-bond acceptors (Lipinski definition) is 4. The maximum atomic E-state index is 10.5. The summed E-state index contributed by atoms with van der Waals surface area (Å²) in [7, 11) is 0. The molecular formula is C14H10O3S. The van der Waals surface area contributed by atoms with Gasteiger partial charge in [0.2, 0.25) is 0 Å². The minimum Gasteiger partial charge on any atom is -0.417 e. The molecule has 0 aliphatic carbocycles.